The SMILES string of the molecule is CCCCCCCCOC(=O)CCc1cc(-n2nc3ccc(CCCCCCCCOC(=O)CCc4cc(-n5nc6ccc(Cl)cc6n5)c(O)c(C(C)(C)C)c4)cc3n2)c(O)c(C(C)(C)C)c1. The van der Waals surface area contributed by atoms with Gasteiger partial charge < -0.3 is 19.7 Å². The largest absolute Gasteiger partial charge is 0.505 e. The number of halogens is 1. The molecule has 0 saturated heterocycles. The van der Waals surface area contributed by atoms with Crippen molar-refractivity contribution in [1.82, 2.24) is 30.0 Å². The molecule has 67 heavy (non-hydrogen) atoms. The molecule has 0 spiro atoms. The highest BCUT2D eigenvalue weighted by atomic mass is 35.5. The molecule has 0 radical (unpaired) electrons. The maximum Gasteiger partial charge on any atom is 0.306 e. The van der Waals surface area contributed by atoms with Crippen LogP contribution >= 0.6 is 11.6 Å². The zero-order valence-corrected chi connectivity index (χ0v) is 41.6. The van der Waals surface area contributed by atoms with Gasteiger partial charge in [-0.1, -0.05) is 136 Å². The number of phenolic OH excluding ortho intramolecular Hbond substituents is 2. The van der Waals surface area contributed by atoms with Gasteiger partial charge in [-0.2, -0.15) is 0 Å². The lowest BCUT2D eigenvalue weighted by Crippen LogP contribution is -2.14. The highest BCUT2D eigenvalue weighted by Gasteiger charge is 2.25. The molecule has 0 fully saturated rings. The summed E-state index contributed by atoms with van der Waals surface area (Å²) in [5, 5.41) is 42.0. The highest BCUT2D eigenvalue weighted by molar-refractivity contribution is 6.31. The van der Waals surface area contributed by atoms with Crippen LogP contribution in [0.25, 0.3) is 33.4 Å². The van der Waals surface area contributed by atoms with E-state index in [4.69, 9.17) is 31.3 Å². The number of phenols is 2. The Morgan fingerprint density at radius 3 is 1.45 bits per heavy atom. The number of unbranched alkanes of at least 4 members (excludes halogenated alkanes) is 10. The molecule has 0 unspecified atom stereocenters. The summed E-state index contributed by atoms with van der Waals surface area (Å²) in [7, 11) is 0. The average Bonchev–Trinajstić information content (AvgIpc) is 3.90. The lowest BCUT2D eigenvalue weighted by atomic mass is 9.84. The number of rotatable bonds is 24. The number of nitrogens with zero attached hydrogens (tertiary/aromatic N) is 6. The Kier molecular flexibility index (Phi) is 17.9. The molecular weight excluding hydrogens is 864 g/mol. The molecule has 2 heterocycles. The van der Waals surface area contributed by atoms with Gasteiger partial charge in [0, 0.05) is 29.0 Å². The number of ether oxygens (including phenoxy) is 2. The third-order valence-electron chi connectivity index (χ3n) is 12.3. The summed E-state index contributed by atoms with van der Waals surface area (Å²) in [6, 6.07) is 19.1. The van der Waals surface area contributed by atoms with Gasteiger partial charge in [0.25, 0.3) is 0 Å². The number of hydrogen-bond acceptors (Lipinski definition) is 10. The highest BCUT2D eigenvalue weighted by Crippen LogP contribution is 2.38. The van der Waals surface area contributed by atoms with Crippen LogP contribution in [0.15, 0.2) is 60.7 Å². The van der Waals surface area contributed by atoms with E-state index in [2.05, 4.69) is 50.0 Å². The molecule has 2 aromatic heterocycles. The number of aromatic hydroxyl groups is 2. The summed E-state index contributed by atoms with van der Waals surface area (Å²) < 4.78 is 11.1. The molecule has 6 aromatic rings. The van der Waals surface area contributed by atoms with Crippen LogP contribution in [-0.2, 0) is 49.2 Å². The van der Waals surface area contributed by atoms with Crippen LogP contribution in [-0.4, -0.2) is 65.4 Å². The van der Waals surface area contributed by atoms with Gasteiger partial charge in [0.05, 0.1) is 13.2 Å². The Labute approximate surface area is 401 Å². The van der Waals surface area contributed by atoms with Gasteiger partial charge >= 0.3 is 11.9 Å². The molecule has 0 aliphatic carbocycles. The molecular formula is C54H71ClN6O6. The van der Waals surface area contributed by atoms with E-state index in [0.29, 0.717) is 53.5 Å². The first kappa shape index (κ1) is 50.9. The van der Waals surface area contributed by atoms with E-state index in [9.17, 15) is 19.8 Å². The molecule has 0 amide bonds. The van der Waals surface area contributed by atoms with E-state index < -0.39 is 0 Å². The Bertz CT molecular complexity index is 2600. The van der Waals surface area contributed by atoms with Gasteiger partial charge in [-0.05, 0) is 109 Å². The summed E-state index contributed by atoms with van der Waals surface area (Å²) in [5.74, 6) is -0.197. The Hall–Kier alpha value is -5.49. The summed E-state index contributed by atoms with van der Waals surface area (Å²) in [5.41, 5.74) is 7.60. The van der Waals surface area contributed by atoms with Crippen LogP contribution in [0.4, 0.5) is 0 Å². The van der Waals surface area contributed by atoms with Crippen molar-refractivity contribution in [3.63, 3.8) is 0 Å². The minimum atomic E-state index is -0.352. The fourth-order valence-electron chi connectivity index (χ4n) is 8.34. The third kappa shape index (κ3) is 14.5. The molecule has 0 atom stereocenters. The van der Waals surface area contributed by atoms with Gasteiger partial charge in [0.15, 0.2) is 0 Å². The lowest BCUT2D eigenvalue weighted by Gasteiger charge is -2.23. The van der Waals surface area contributed by atoms with Crippen LogP contribution in [0.1, 0.15) is 166 Å². The van der Waals surface area contributed by atoms with Gasteiger partial charge in [0.1, 0.15) is 44.9 Å². The number of aryl methyl sites for hydroxylation is 3. The second-order valence-corrected chi connectivity index (χ2v) is 20.5. The molecule has 6 rings (SSSR count). The molecule has 0 bridgehead atoms. The van der Waals surface area contributed by atoms with E-state index in [1.54, 1.807) is 18.2 Å². The van der Waals surface area contributed by atoms with Crippen LogP contribution in [0.2, 0.25) is 5.02 Å². The fourth-order valence-corrected chi connectivity index (χ4v) is 8.51. The first-order chi connectivity index (χ1) is 32.0. The zero-order valence-electron chi connectivity index (χ0n) is 40.8. The summed E-state index contributed by atoms with van der Waals surface area (Å²) in [4.78, 5) is 28.3. The van der Waals surface area contributed by atoms with Crippen molar-refractivity contribution >= 4 is 45.6 Å². The van der Waals surface area contributed by atoms with Crippen molar-refractivity contribution in [3.8, 4) is 22.9 Å². The molecule has 0 aliphatic heterocycles. The minimum absolute atomic E-state index is 0.107. The third-order valence-corrected chi connectivity index (χ3v) is 12.5. The normalized spacial score (nSPS) is 12.1. The van der Waals surface area contributed by atoms with Gasteiger partial charge in [-0.15, -0.1) is 30.0 Å². The minimum Gasteiger partial charge on any atom is -0.505 e. The topological polar surface area (TPSA) is 154 Å². The van der Waals surface area contributed by atoms with Crippen molar-refractivity contribution in [3.05, 3.63) is 93.5 Å². The van der Waals surface area contributed by atoms with Crippen molar-refractivity contribution in [2.75, 3.05) is 13.2 Å². The molecule has 0 aliphatic rings. The molecule has 4 aromatic carbocycles. The predicted octanol–water partition coefficient (Wildman–Crippen LogP) is 12.7. The fraction of sp³-hybridized carbons (Fsp3) is 0.519. The van der Waals surface area contributed by atoms with Crippen molar-refractivity contribution in [2.24, 2.45) is 0 Å². The monoisotopic (exact) mass is 935 g/mol. The van der Waals surface area contributed by atoms with E-state index in [1.807, 2.05) is 51.1 Å². The number of aromatic nitrogens is 6. The second kappa shape index (κ2) is 23.5. The maximum absolute atomic E-state index is 12.8. The Balaban J connectivity index is 0.923. The smallest absolute Gasteiger partial charge is 0.306 e. The number of carbonyl (C=O) groups is 2. The molecule has 2 N–H and O–H groups in total. The number of fused-ring (bicyclic) bond motifs is 2. The van der Waals surface area contributed by atoms with E-state index >= 15 is 0 Å². The number of hydrogen-bond donors (Lipinski definition) is 2. The summed E-state index contributed by atoms with van der Waals surface area (Å²) in [6.45, 7) is 15.3. The Morgan fingerprint density at radius 1 is 0.522 bits per heavy atom. The van der Waals surface area contributed by atoms with E-state index in [0.717, 1.165) is 91.1 Å². The van der Waals surface area contributed by atoms with Crippen LogP contribution in [0.5, 0.6) is 11.5 Å². The predicted molar refractivity (Wildman–Crippen MR) is 267 cm³/mol. The van der Waals surface area contributed by atoms with Crippen molar-refractivity contribution < 1.29 is 29.3 Å². The number of carbonyl (C=O) groups excluding carboxylic acids is 2. The molecule has 0 saturated carbocycles. The summed E-state index contributed by atoms with van der Waals surface area (Å²) >= 11 is 6.17. The zero-order chi connectivity index (χ0) is 48.1. The Morgan fingerprint density at radius 2 is 0.955 bits per heavy atom. The van der Waals surface area contributed by atoms with Crippen LogP contribution in [0.3, 0.4) is 0 Å². The van der Waals surface area contributed by atoms with Crippen molar-refractivity contribution in [2.45, 2.75) is 168 Å². The van der Waals surface area contributed by atoms with Crippen LogP contribution < -0.4 is 0 Å². The first-order valence-electron chi connectivity index (χ1n) is 24.4. The van der Waals surface area contributed by atoms with E-state index in [-0.39, 0.29) is 47.1 Å². The lowest BCUT2D eigenvalue weighted by molar-refractivity contribution is -0.144. The number of benzene rings is 4. The number of esters is 2. The van der Waals surface area contributed by atoms with E-state index in [1.165, 1.54) is 40.8 Å². The molecule has 360 valence electrons. The first-order valence-corrected chi connectivity index (χ1v) is 24.8. The maximum atomic E-state index is 12.8. The second-order valence-electron chi connectivity index (χ2n) is 20.0. The quantitative estimate of drug-likeness (QED) is 0.0443. The summed E-state index contributed by atoms with van der Waals surface area (Å²) in [6.07, 6.45) is 15.3. The molecule has 12 nitrogen and oxygen atoms in total. The van der Waals surface area contributed by atoms with Gasteiger partial charge in [0.2, 0.25) is 0 Å². The molecule has 13 heteroatoms. The van der Waals surface area contributed by atoms with Crippen molar-refractivity contribution in [1.29, 1.82) is 0 Å². The van der Waals surface area contributed by atoms with Gasteiger partial charge in [-0.25, -0.2) is 0 Å². The standard InChI is InChI=1S/C54H71ClN6O6/c1-8-9-10-11-15-18-29-66-49(62)27-22-38-31-41(53(2,3)4)51(64)47(34-38)60-56-43-25-21-37(33-45(43)58-60)20-17-14-12-13-16-19-30-67-50(63)28-23-39-32-42(54(5,6)7)52(65)48(35-39)61-57-44-26-24-40(55)36-46(44)59-61/h21,24-26,31-36,64-65H,8-20,22-23,27-30H2,1-7H3. The average molecular weight is 936 g/mol. The van der Waals surface area contributed by atoms with Crippen LogP contribution in [0, 0.1) is 0 Å². The van der Waals surface area contributed by atoms with Gasteiger partial charge in [-0.3, -0.25) is 9.59 Å².